The predicted molar refractivity (Wildman–Crippen MR) is 112 cm³/mol. The molecule has 2 fully saturated rings. The van der Waals surface area contributed by atoms with E-state index in [1.807, 2.05) is 31.2 Å². The van der Waals surface area contributed by atoms with Crippen LogP contribution in [-0.4, -0.2) is 41.5 Å². The van der Waals surface area contributed by atoms with Gasteiger partial charge in [0.2, 0.25) is 0 Å². The first kappa shape index (κ1) is 18.9. The molecule has 4 nitrogen and oxygen atoms in total. The fourth-order valence-corrected chi connectivity index (χ4v) is 5.56. The number of thiazole rings is 1. The second-order valence-electron chi connectivity index (χ2n) is 7.65. The number of aryl methyl sites for hydroxylation is 1. The summed E-state index contributed by atoms with van der Waals surface area (Å²) in [6, 6.07) is 8.25. The Kier molecular flexibility index (Phi) is 5.81. The van der Waals surface area contributed by atoms with Gasteiger partial charge in [-0.2, -0.15) is 0 Å². The van der Waals surface area contributed by atoms with Gasteiger partial charge in [0.25, 0.3) is 5.91 Å². The molecular weight excluding hydrogens is 378 g/mol. The number of hydrogen-bond donors (Lipinski definition) is 1. The summed E-state index contributed by atoms with van der Waals surface area (Å²) in [7, 11) is 0. The highest BCUT2D eigenvalue weighted by Gasteiger charge is 2.33. The van der Waals surface area contributed by atoms with E-state index in [1.54, 1.807) is 0 Å². The Hall–Kier alpha value is -1.43. The van der Waals surface area contributed by atoms with E-state index in [0.717, 1.165) is 27.7 Å². The van der Waals surface area contributed by atoms with E-state index in [4.69, 9.17) is 11.6 Å². The molecule has 2 aliphatic heterocycles. The molecule has 2 aromatic rings. The number of fused-ring (bicyclic) bond motifs is 1. The molecule has 0 aliphatic carbocycles. The van der Waals surface area contributed by atoms with Gasteiger partial charge in [0.15, 0.2) is 0 Å². The van der Waals surface area contributed by atoms with Crippen LogP contribution in [0.25, 0.3) is 10.6 Å². The first-order valence-corrected chi connectivity index (χ1v) is 11.1. The molecule has 1 amide bonds. The summed E-state index contributed by atoms with van der Waals surface area (Å²) in [6.07, 6.45) is 6.39. The molecule has 2 atom stereocenters. The lowest BCUT2D eigenvalue weighted by Gasteiger charge is -2.44. The lowest BCUT2D eigenvalue weighted by atomic mass is 9.83. The molecule has 0 bridgehead atoms. The lowest BCUT2D eigenvalue weighted by Crippen LogP contribution is -2.50. The van der Waals surface area contributed by atoms with Gasteiger partial charge in [-0.05, 0) is 63.7 Å². The largest absolute Gasteiger partial charge is 0.351 e. The highest BCUT2D eigenvalue weighted by molar-refractivity contribution is 7.17. The highest BCUT2D eigenvalue weighted by Crippen LogP contribution is 2.31. The van der Waals surface area contributed by atoms with Crippen molar-refractivity contribution in [2.45, 2.75) is 45.1 Å². The first-order chi connectivity index (χ1) is 13.1. The van der Waals surface area contributed by atoms with Crippen molar-refractivity contribution in [2.24, 2.45) is 5.92 Å². The zero-order valence-corrected chi connectivity index (χ0v) is 17.3. The number of nitrogens with one attached hydrogen (secondary N) is 1. The van der Waals surface area contributed by atoms with Gasteiger partial charge in [0.05, 0.1) is 5.69 Å². The number of nitrogens with zero attached hydrogens (tertiary/aromatic N) is 2. The number of aromatic nitrogens is 1. The second kappa shape index (κ2) is 8.29. The van der Waals surface area contributed by atoms with Crippen LogP contribution in [0.1, 0.15) is 47.5 Å². The Balaban J connectivity index is 1.42. The Bertz CT molecular complexity index is 802. The fraction of sp³-hybridized carbons (Fsp3) is 0.524. The molecule has 0 unspecified atom stereocenters. The van der Waals surface area contributed by atoms with Crippen LogP contribution >= 0.6 is 22.9 Å². The Morgan fingerprint density at radius 3 is 2.81 bits per heavy atom. The molecule has 2 saturated heterocycles. The average molecular weight is 404 g/mol. The van der Waals surface area contributed by atoms with Crippen molar-refractivity contribution in [1.82, 2.24) is 15.2 Å². The van der Waals surface area contributed by atoms with Crippen LogP contribution in [0.5, 0.6) is 0 Å². The summed E-state index contributed by atoms with van der Waals surface area (Å²) in [5.41, 5.74) is 1.79. The maximum Gasteiger partial charge on any atom is 0.263 e. The van der Waals surface area contributed by atoms with Gasteiger partial charge < -0.3 is 10.2 Å². The number of rotatable bonds is 4. The van der Waals surface area contributed by atoms with E-state index >= 15 is 0 Å². The topological polar surface area (TPSA) is 45.2 Å². The smallest absolute Gasteiger partial charge is 0.263 e. The van der Waals surface area contributed by atoms with Gasteiger partial charge in [0.1, 0.15) is 9.88 Å². The lowest BCUT2D eigenvalue weighted by molar-refractivity contribution is 0.0576. The molecule has 4 rings (SSSR count). The third kappa shape index (κ3) is 4.20. The summed E-state index contributed by atoms with van der Waals surface area (Å²) in [4.78, 5) is 20.7. The van der Waals surface area contributed by atoms with Crippen LogP contribution in [-0.2, 0) is 0 Å². The predicted octanol–water partition coefficient (Wildman–Crippen LogP) is 4.77. The summed E-state index contributed by atoms with van der Waals surface area (Å²) >= 11 is 7.42. The van der Waals surface area contributed by atoms with E-state index in [9.17, 15) is 4.79 Å². The van der Waals surface area contributed by atoms with Crippen molar-refractivity contribution in [2.75, 3.05) is 19.6 Å². The summed E-state index contributed by atoms with van der Waals surface area (Å²) in [5.74, 6) is 0.588. The van der Waals surface area contributed by atoms with E-state index in [-0.39, 0.29) is 5.91 Å². The summed E-state index contributed by atoms with van der Waals surface area (Å²) in [5, 5.41) is 4.77. The maximum absolute atomic E-state index is 12.8. The fourth-order valence-electron chi connectivity index (χ4n) is 4.44. The van der Waals surface area contributed by atoms with E-state index in [1.165, 1.54) is 56.5 Å². The minimum Gasteiger partial charge on any atom is -0.351 e. The SMILES string of the molecule is Cc1nc(-c2ccc(Cl)cc2)sc1C(=O)NC[C@H]1CCCN2CCCC[C@H]12. The number of benzene rings is 1. The molecule has 2 aliphatic rings. The Labute approximate surface area is 169 Å². The average Bonchev–Trinajstić information content (AvgIpc) is 3.08. The van der Waals surface area contributed by atoms with Gasteiger partial charge in [0, 0.05) is 23.2 Å². The van der Waals surface area contributed by atoms with E-state index < -0.39 is 0 Å². The molecule has 6 heteroatoms. The number of amides is 1. The molecule has 0 saturated carbocycles. The number of piperidine rings is 2. The Morgan fingerprint density at radius 1 is 1.22 bits per heavy atom. The molecule has 1 aromatic heterocycles. The van der Waals surface area contributed by atoms with Crippen LogP contribution in [0.15, 0.2) is 24.3 Å². The van der Waals surface area contributed by atoms with Crippen LogP contribution in [0.4, 0.5) is 0 Å². The Morgan fingerprint density at radius 2 is 2.00 bits per heavy atom. The molecule has 1 aromatic carbocycles. The third-order valence-corrected chi connectivity index (χ3v) is 7.30. The minimum atomic E-state index is 0.0122. The molecular formula is C21H26ClN3OS. The molecule has 1 N–H and O–H groups in total. The van der Waals surface area contributed by atoms with E-state index in [2.05, 4.69) is 15.2 Å². The molecule has 27 heavy (non-hydrogen) atoms. The van der Waals surface area contributed by atoms with Gasteiger partial charge in [-0.25, -0.2) is 4.98 Å². The quantitative estimate of drug-likeness (QED) is 0.799. The van der Waals surface area contributed by atoms with Crippen molar-refractivity contribution >= 4 is 28.8 Å². The van der Waals surface area contributed by atoms with Gasteiger partial charge in [-0.1, -0.05) is 30.2 Å². The molecule has 144 valence electrons. The zero-order valence-electron chi connectivity index (χ0n) is 15.7. The molecule has 0 spiro atoms. The zero-order chi connectivity index (χ0) is 18.8. The summed E-state index contributed by atoms with van der Waals surface area (Å²) in [6.45, 7) is 5.14. The van der Waals surface area contributed by atoms with Crippen molar-refractivity contribution in [3.05, 3.63) is 39.9 Å². The number of hydrogen-bond acceptors (Lipinski definition) is 4. The molecule has 0 radical (unpaired) electrons. The van der Waals surface area contributed by atoms with Gasteiger partial charge >= 0.3 is 0 Å². The second-order valence-corrected chi connectivity index (χ2v) is 9.09. The number of halogens is 1. The van der Waals surface area contributed by atoms with Crippen LogP contribution in [0.2, 0.25) is 5.02 Å². The van der Waals surface area contributed by atoms with Crippen molar-refractivity contribution in [3.8, 4) is 10.6 Å². The van der Waals surface area contributed by atoms with E-state index in [0.29, 0.717) is 17.0 Å². The number of carbonyl (C=O) groups is 1. The van der Waals surface area contributed by atoms with Crippen LogP contribution < -0.4 is 5.32 Å². The third-order valence-electron chi connectivity index (χ3n) is 5.85. The van der Waals surface area contributed by atoms with Gasteiger partial charge in [-0.3, -0.25) is 4.79 Å². The first-order valence-electron chi connectivity index (χ1n) is 9.87. The number of carbonyl (C=O) groups excluding carboxylic acids is 1. The van der Waals surface area contributed by atoms with Crippen molar-refractivity contribution in [1.29, 1.82) is 0 Å². The van der Waals surface area contributed by atoms with Crippen LogP contribution in [0, 0.1) is 12.8 Å². The van der Waals surface area contributed by atoms with Crippen molar-refractivity contribution < 1.29 is 4.79 Å². The highest BCUT2D eigenvalue weighted by atomic mass is 35.5. The van der Waals surface area contributed by atoms with Gasteiger partial charge in [-0.15, -0.1) is 11.3 Å². The summed E-state index contributed by atoms with van der Waals surface area (Å²) < 4.78 is 0. The maximum atomic E-state index is 12.8. The monoisotopic (exact) mass is 403 g/mol. The normalized spacial score (nSPS) is 23.0. The molecule has 3 heterocycles. The van der Waals surface area contributed by atoms with Crippen molar-refractivity contribution in [3.63, 3.8) is 0 Å². The standard InChI is InChI=1S/C21H26ClN3OS/c1-14-19(27-21(24-14)15-7-9-17(22)10-8-15)20(26)23-13-16-5-4-12-25-11-3-2-6-18(16)25/h7-10,16,18H,2-6,11-13H2,1H3,(H,23,26)/t16-,18-/m1/s1. The minimum absolute atomic E-state index is 0.0122. The van der Waals surface area contributed by atoms with Crippen LogP contribution in [0.3, 0.4) is 0 Å².